The molecule has 33 heavy (non-hydrogen) atoms. The molecular weight excluding hydrogens is 416 g/mol. The highest BCUT2D eigenvalue weighted by atomic mass is 16.2. The monoisotopic (exact) mass is 444 g/mol. The van der Waals surface area contributed by atoms with Gasteiger partial charge in [0.1, 0.15) is 0 Å². The van der Waals surface area contributed by atoms with Crippen molar-refractivity contribution in [3.05, 3.63) is 78.1 Å². The minimum atomic E-state index is -0.138. The van der Waals surface area contributed by atoms with Gasteiger partial charge in [0.05, 0.1) is 0 Å². The van der Waals surface area contributed by atoms with Gasteiger partial charge in [-0.15, -0.1) is 0 Å². The van der Waals surface area contributed by atoms with E-state index < -0.39 is 0 Å². The van der Waals surface area contributed by atoms with Crippen LogP contribution in [0.25, 0.3) is 10.8 Å². The summed E-state index contributed by atoms with van der Waals surface area (Å²) >= 11 is 0. The minimum Gasteiger partial charge on any atom is -0.355 e. The van der Waals surface area contributed by atoms with Crippen molar-refractivity contribution in [1.29, 1.82) is 0 Å². The first-order valence-electron chi connectivity index (χ1n) is 11.3. The van der Waals surface area contributed by atoms with Gasteiger partial charge in [0.2, 0.25) is 11.8 Å². The number of nitrogens with zero attached hydrogens (tertiary/aromatic N) is 2. The number of pyridine rings is 1. The van der Waals surface area contributed by atoms with Crippen LogP contribution in [0.3, 0.4) is 0 Å². The van der Waals surface area contributed by atoms with Gasteiger partial charge in [0.15, 0.2) is 0 Å². The number of likely N-dealkylation sites (tertiary alicyclic amines) is 1. The van der Waals surface area contributed by atoms with Gasteiger partial charge in [-0.3, -0.25) is 19.4 Å². The Balaban J connectivity index is 1.20. The summed E-state index contributed by atoms with van der Waals surface area (Å²) in [6.45, 7) is 1.84. The second kappa shape index (κ2) is 10.7. The van der Waals surface area contributed by atoms with Gasteiger partial charge in [-0.2, -0.15) is 0 Å². The zero-order valence-electron chi connectivity index (χ0n) is 18.5. The van der Waals surface area contributed by atoms with Crippen LogP contribution >= 0.6 is 0 Å². The highest BCUT2D eigenvalue weighted by molar-refractivity contribution is 6.07. The Morgan fingerprint density at radius 1 is 0.909 bits per heavy atom. The third kappa shape index (κ3) is 5.74. The minimum absolute atomic E-state index is 0.0107. The Bertz CT molecular complexity index is 1120. The number of carbonyl (C=O) groups excluding carboxylic acids is 3. The fraction of sp³-hybridized carbons (Fsp3) is 0.308. The van der Waals surface area contributed by atoms with Gasteiger partial charge in [-0.1, -0.05) is 36.4 Å². The van der Waals surface area contributed by atoms with Crippen molar-refractivity contribution in [2.45, 2.75) is 25.8 Å². The third-order valence-corrected chi connectivity index (χ3v) is 6.06. The largest absolute Gasteiger partial charge is 0.355 e. The number of aromatic nitrogens is 1. The molecule has 1 aliphatic heterocycles. The van der Waals surface area contributed by atoms with Crippen molar-refractivity contribution in [2.75, 3.05) is 19.6 Å². The Morgan fingerprint density at radius 2 is 1.64 bits per heavy atom. The maximum atomic E-state index is 13.1. The van der Waals surface area contributed by atoms with E-state index in [1.165, 1.54) is 0 Å². The topological polar surface area (TPSA) is 91.4 Å². The van der Waals surface area contributed by atoms with Crippen LogP contribution in [0.15, 0.2) is 67.0 Å². The predicted molar refractivity (Wildman–Crippen MR) is 126 cm³/mol. The number of carbonyl (C=O) groups is 3. The van der Waals surface area contributed by atoms with Gasteiger partial charge < -0.3 is 15.5 Å². The SMILES string of the molecule is O=C(CCNC(=O)C1CCN(C(=O)c2cccc3ccccc23)CC1)NCc1ccncc1. The summed E-state index contributed by atoms with van der Waals surface area (Å²) in [6, 6.07) is 17.3. The van der Waals surface area contributed by atoms with Crippen LogP contribution in [0.4, 0.5) is 0 Å². The fourth-order valence-corrected chi connectivity index (χ4v) is 4.16. The zero-order chi connectivity index (χ0) is 23.0. The lowest BCUT2D eigenvalue weighted by Gasteiger charge is -2.31. The lowest BCUT2D eigenvalue weighted by molar-refractivity contribution is -0.126. The molecular formula is C26H28N4O3. The molecule has 170 valence electrons. The Morgan fingerprint density at radius 3 is 2.42 bits per heavy atom. The Kier molecular flexibility index (Phi) is 7.29. The van der Waals surface area contributed by atoms with E-state index in [1.807, 2.05) is 59.5 Å². The van der Waals surface area contributed by atoms with E-state index >= 15 is 0 Å². The lowest BCUT2D eigenvalue weighted by Crippen LogP contribution is -2.43. The Hall–Kier alpha value is -3.74. The van der Waals surface area contributed by atoms with Crippen LogP contribution in [0.1, 0.15) is 35.2 Å². The molecule has 0 bridgehead atoms. The normalized spacial score (nSPS) is 14.1. The number of hydrogen-bond donors (Lipinski definition) is 2. The molecule has 7 nitrogen and oxygen atoms in total. The molecule has 0 saturated carbocycles. The molecule has 2 heterocycles. The van der Waals surface area contributed by atoms with Gasteiger partial charge in [-0.05, 0) is 47.4 Å². The van der Waals surface area contributed by atoms with Crippen LogP contribution < -0.4 is 10.6 Å². The summed E-state index contributed by atoms with van der Waals surface area (Å²) in [6.07, 6.45) is 4.84. The summed E-state index contributed by atoms with van der Waals surface area (Å²) in [4.78, 5) is 43.4. The van der Waals surface area contributed by atoms with Crippen LogP contribution in [0.5, 0.6) is 0 Å². The van der Waals surface area contributed by atoms with E-state index in [-0.39, 0.29) is 30.1 Å². The molecule has 1 aliphatic rings. The van der Waals surface area contributed by atoms with Crippen molar-refractivity contribution >= 4 is 28.5 Å². The van der Waals surface area contributed by atoms with Crippen molar-refractivity contribution < 1.29 is 14.4 Å². The van der Waals surface area contributed by atoms with Crippen LogP contribution in [-0.2, 0) is 16.1 Å². The van der Waals surface area contributed by atoms with Crippen molar-refractivity contribution in [1.82, 2.24) is 20.5 Å². The number of amides is 3. The number of fused-ring (bicyclic) bond motifs is 1. The van der Waals surface area contributed by atoms with Crippen molar-refractivity contribution in [2.24, 2.45) is 5.92 Å². The molecule has 0 unspecified atom stereocenters. The maximum Gasteiger partial charge on any atom is 0.254 e. The van der Waals surface area contributed by atoms with E-state index in [9.17, 15) is 14.4 Å². The molecule has 2 N–H and O–H groups in total. The van der Waals surface area contributed by atoms with E-state index in [1.54, 1.807) is 12.4 Å². The lowest BCUT2D eigenvalue weighted by atomic mass is 9.94. The standard InChI is InChI=1S/C26H28N4O3/c31-24(29-18-19-8-13-27-14-9-19)10-15-28-25(32)21-11-16-30(17-12-21)26(33)23-7-3-5-20-4-1-2-6-22(20)23/h1-9,13-14,21H,10-12,15-18H2,(H,28,32)(H,29,31). The van der Waals surface area contributed by atoms with E-state index in [4.69, 9.17) is 0 Å². The first-order chi connectivity index (χ1) is 16.1. The average Bonchev–Trinajstić information content (AvgIpc) is 2.87. The smallest absolute Gasteiger partial charge is 0.254 e. The molecule has 0 radical (unpaired) electrons. The number of nitrogens with one attached hydrogen (secondary N) is 2. The molecule has 4 rings (SSSR count). The van der Waals surface area contributed by atoms with Crippen LogP contribution in [0.2, 0.25) is 0 Å². The highest BCUT2D eigenvalue weighted by Gasteiger charge is 2.28. The molecule has 0 aliphatic carbocycles. The van der Waals surface area contributed by atoms with E-state index in [0.29, 0.717) is 44.6 Å². The summed E-state index contributed by atoms with van der Waals surface area (Å²) < 4.78 is 0. The molecule has 1 saturated heterocycles. The quantitative estimate of drug-likeness (QED) is 0.586. The molecule has 7 heteroatoms. The molecule has 3 aromatic rings. The molecule has 0 spiro atoms. The van der Waals surface area contributed by atoms with E-state index in [2.05, 4.69) is 15.6 Å². The van der Waals surface area contributed by atoms with E-state index in [0.717, 1.165) is 16.3 Å². The zero-order valence-corrected chi connectivity index (χ0v) is 18.5. The summed E-state index contributed by atoms with van der Waals surface area (Å²) in [7, 11) is 0. The number of piperidine rings is 1. The Labute approximate surface area is 193 Å². The summed E-state index contributed by atoms with van der Waals surface area (Å²) in [5, 5.41) is 7.70. The van der Waals surface area contributed by atoms with Gasteiger partial charge in [0.25, 0.3) is 5.91 Å². The second-order valence-electron chi connectivity index (χ2n) is 8.27. The molecule has 0 atom stereocenters. The number of rotatable bonds is 7. The van der Waals surface area contributed by atoms with Crippen molar-refractivity contribution in [3.63, 3.8) is 0 Å². The third-order valence-electron chi connectivity index (χ3n) is 6.06. The first kappa shape index (κ1) is 22.5. The summed E-state index contributed by atoms with van der Waals surface area (Å²) in [5.74, 6) is -0.283. The fourth-order valence-electron chi connectivity index (χ4n) is 4.16. The summed E-state index contributed by atoms with van der Waals surface area (Å²) in [5.41, 5.74) is 1.68. The molecule has 2 aromatic carbocycles. The van der Waals surface area contributed by atoms with Gasteiger partial charge in [-0.25, -0.2) is 0 Å². The molecule has 1 aromatic heterocycles. The average molecular weight is 445 g/mol. The highest BCUT2D eigenvalue weighted by Crippen LogP contribution is 2.23. The number of benzene rings is 2. The maximum absolute atomic E-state index is 13.1. The molecule has 3 amide bonds. The van der Waals surface area contributed by atoms with Crippen LogP contribution in [0, 0.1) is 5.92 Å². The second-order valence-corrected chi connectivity index (χ2v) is 8.27. The number of hydrogen-bond acceptors (Lipinski definition) is 4. The van der Waals surface area contributed by atoms with Gasteiger partial charge in [0, 0.05) is 56.5 Å². The van der Waals surface area contributed by atoms with Gasteiger partial charge >= 0.3 is 0 Å². The predicted octanol–water partition coefficient (Wildman–Crippen LogP) is 2.91. The van der Waals surface area contributed by atoms with Crippen molar-refractivity contribution in [3.8, 4) is 0 Å². The van der Waals surface area contributed by atoms with Crippen LogP contribution in [-0.4, -0.2) is 47.2 Å². The first-order valence-corrected chi connectivity index (χ1v) is 11.3. The molecule has 1 fully saturated rings.